The van der Waals surface area contributed by atoms with Crippen LogP contribution in [0.15, 0.2) is 17.3 Å². The van der Waals surface area contributed by atoms with Crippen molar-refractivity contribution in [2.45, 2.75) is 96.4 Å². The van der Waals surface area contributed by atoms with Gasteiger partial charge in [0.05, 0.1) is 0 Å². The lowest BCUT2D eigenvalue weighted by atomic mass is 10.1. The molecule has 0 aliphatic heterocycles. The van der Waals surface area contributed by atoms with Gasteiger partial charge in [0.2, 0.25) is 0 Å². The van der Waals surface area contributed by atoms with Gasteiger partial charge in [-0.3, -0.25) is 0 Å². The number of allylic oxidation sites excluding steroid dienone is 1. The summed E-state index contributed by atoms with van der Waals surface area (Å²) < 4.78 is 0. The van der Waals surface area contributed by atoms with Crippen molar-refractivity contribution in [1.82, 2.24) is 0 Å². The Morgan fingerprint density at radius 2 is 1.43 bits per heavy atom. The van der Waals surface area contributed by atoms with Gasteiger partial charge in [0.15, 0.2) is 0 Å². The molecule has 0 aromatic carbocycles. The Kier molecular flexibility index (Phi) is 16.8. The van der Waals surface area contributed by atoms with Crippen molar-refractivity contribution >= 4 is 0 Å². The molecule has 0 aromatic rings. The van der Waals surface area contributed by atoms with Crippen LogP contribution in [0.4, 0.5) is 0 Å². The molecule has 1 atom stereocenters. The number of aliphatic hydroxyl groups excluding tert-OH is 1. The van der Waals surface area contributed by atoms with Crippen LogP contribution in [0.3, 0.4) is 0 Å². The van der Waals surface area contributed by atoms with Crippen molar-refractivity contribution in [1.29, 1.82) is 0 Å². The molecule has 21 heavy (non-hydrogen) atoms. The van der Waals surface area contributed by atoms with Gasteiger partial charge in [-0.15, -0.1) is 0 Å². The Hall–Kier alpha value is -0.700. The van der Waals surface area contributed by atoms with Crippen LogP contribution in [0.2, 0.25) is 0 Å². The van der Waals surface area contributed by atoms with E-state index in [1.54, 1.807) is 0 Å². The average Bonchev–Trinajstić information content (AvgIpc) is 2.50. The first-order valence-corrected chi connectivity index (χ1v) is 8.95. The third-order valence-electron chi connectivity index (χ3n) is 3.89. The molecular formula is C18H35NO2. The molecule has 124 valence electrons. The maximum atomic E-state index is 10.4. The smallest absolute Gasteiger partial charge is 0.112 e. The SMILES string of the molecule is CCCCCCCCCCCCC/C=C/C(CCO)N=O. The fraction of sp³-hybridized carbons (Fsp3) is 0.889. The molecule has 0 spiro atoms. The number of hydrogen-bond acceptors (Lipinski definition) is 3. The lowest BCUT2D eigenvalue weighted by Crippen LogP contribution is -2.01. The molecule has 3 heteroatoms. The van der Waals surface area contributed by atoms with Crippen molar-refractivity contribution in [3.63, 3.8) is 0 Å². The summed E-state index contributed by atoms with van der Waals surface area (Å²) in [6.45, 7) is 2.29. The second-order valence-electron chi connectivity index (χ2n) is 5.94. The Bertz CT molecular complexity index is 241. The van der Waals surface area contributed by atoms with Crippen molar-refractivity contribution in [2.24, 2.45) is 5.18 Å². The topological polar surface area (TPSA) is 49.7 Å². The fourth-order valence-corrected chi connectivity index (χ4v) is 2.50. The van der Waals surface area contributed by atoms with Crippen molar-refractivity contribution in [3.8, 4) is 0 Å². The van der Waals surface area contributed by atoms with Crippen LogP contribution in [-0.4, -0.2) is 17.8 Å². The molecule has 0 amide bonds. The highest BCUT2D eigenvalue weighted by atomic mass is 16.3. The summed E-state index contributed by atoms with van der Waals surface area (Å²) in [5, 5.41) is 11.7. The van der Waals surface area contributed by atoms with Gasteiger partial charge in [0.25, 0.3) is 0 Å². The molecule has 0 rings (SSSR count). The number of aliphatic hydroxyl groups is 1. The summed E-state index contributed by atoms with van der Waals surface area (Å²) in [5.74, 6) is 0. The predicted octanol–water partition coefficient (Wildman–Crippen LogP) is 5.76. The van der Waals surface area contributed by atoms with Crippen molar-refractivity contribution in [3.05, 3.63) is 17.1 Å². The Morgan fingerprint density at radius 1 is 0.905 bits per heavy atom. The van der Waals surface area contributed by atoms with Gasteiger partial charge < -0.3 is 5.11 Å². The quantitative estimate of drug-likeness (QED) is 0.224. The normalized spacial score (nSPS) is 12.9. The Morgan fingerprint density at radius 3 is 1.90 bits per heavy atom. The van der Waals surface area contributed by atoms with E-state index in [1.165, 1.54) is 70.6 Å². The maximum absolute atomic E-state index is 10.4. The van der Waals surface area contributed by atoms with Gasteiger partial charge in [0.1, 0.15) is 6.04 Å². The summed E-state index contributed by atoms with van der Waals surface area (Å²) in [7, 11) is 0. The summed E-state index contributed by atoms with van der Waals surface area (Å²) in [5.41, 5.74) is 0. The van der Waals surface area contributed by atoms with Gasteiger partial charge in [0, 0.05) is 6.61 Å². The van der Waals surface area contributed by atoms with Gasteiger partial charge in [-0.2, -0.15) is 4.91 Å². The molecule has 0 heterocycles. The first kappa shape index (κ1) is 20.3. The third-order valence-corrected chi connectivity index (χ3v) is 3.89. The van der Waals surface area contributed by atoms with Crippen LogP contribution in [0, 0.1) is 4.91 Å². The zero-order chi connectivity index (χ0) is 15.6. The molecule has 0 fully saturated rings. The van der Waals surface area contributed by atoms with E-state index >= 15 is 0 Å². The summed E-state index contributed by atoms with van der Waals surface area (Å²) in [6.07, 6.45) is 20.2. The molecule has 3 nitrogen and oxygen atoms in total. The van der Waals surface area contributed by atoms with E-state index in [2.05, 4.69) is 12.1 Å². The minimum Gasteiger partial charge on any atom is -0.396 e. The molecule has 1 N–H and O–H groups in total. The zero-order valence-corrected chi connectivity index (χ0v) is 13.9. The highest BCUT2D eigenvalue weighted by Gasteiger charge is 2.01. The van der Waals surface area contributed by atoms with E-state index < -0.39 is 0 Å². The van der Waals surface area contributed by atoms with E-state index in [0.29, 0.717) is 6.42 Å². The summed E-state index contributed by atoms with van der Waals surface area (Å²) >= 11 is 0. The Labute approximate surface area is 131 Å². The second-order valence-corrected chi connectivity index (χ2v) is 5.94. The van der Waals surface area contributed by atoms with Crippen LogP contribution in [0.25, 0.3) is 0 Å². The van der Waals surface area contributed by atoms with Gasteiger partial charge in [-0.25, -0.2) is 0 Å². The third kappa shape index (κ3) is 15.5. The number of nitroso groups, excluding NO2 is 1. The average molecular weight is 297 g/mol. The van der Waals surface area contributed by atoms with Gasteiger partial charge in [-0.1, -0.05) is 88.5 Å². The predicted molar refractivity (Wildman–Crippen MR) is 91.5 cm³/mol. The van der Waals surface area contributed by atoms with Crippen LogP contribution in [0.1, 0.15) is 90.4 Å². The fourth-order valence-electron chi connectivity index (χ4n) is 2.50. The van der Waals surface area contributed by atoms with E-state index in [9.17, 15) is 4.91 Å². The zero-order valence-electron chi connectivity index (χ0n) is 13.9. The summed E-state index contributed by atoms with van der Waals surface area (Å²) in [6, 6.07) is -0.345. The van der Waals surface area contributed by atoms with Gasteiger partial charge >= 0.3 is 0 Å². The van der Waals surface area contributed by atoms with E-state index in [-0.39, 0.29) is 12.6 Å². The minimum atomic E-state index is -0.345. The molecule has 0 radical (unpaired) electrons. The van der Waals surface area contributed by atoms with E-state index in [1.807, 2.05) is 12.2 Å². The number of nitrogens with zero attached hydrogens (tertiary/aromatic N) is 1. The highest BCUT2D eigenvalue weighted by Crippen LogP contribution is 2.12. The molecule has 0 aliphatic carbocycles. The minimum absolute atomic E-state index is 0.0270. The largest absolute Gasteiger partial charge is 0.396 e. The van der Waals surface area contributed by atoms with Crippen LogP contribution < -0.4 is 0 Å². The first-order valence-electron chi connectivity index (χ1n) is 8.95. The van der Waals surface area contributed by atoms with E-state index in [4.69, 9.17) is 5.11 Å². The monoisotopic (exact) mass is 297 g/mol. The van der Waals surface area contributed by atoms with Crippen molar-refractivity contribution in [2.75, 3.05) is 6.61 Å². The molecule has 0 bridgehead atoms. The summed E-state index contributed by atoms with van der Waals surface area (Å²) in [4.78, 5) is 10.4. The number of hydrogen-bond donors (Lipinski definition) is 1. The van der Waals surface area contributed by atoms with E-state index in [0.717, 1.165) is 6.42 Å². The number of unbranched alkanes of at least 4 members (excludes halogenated alkanes) is 11. The molecule has 0 aromatic heterocycles. The van der Waals surface area contributed by atoms with Crippen LogP contribution in [-0.2, 0) is 0 Å². The first-order chi connectivity index (χ1) is 10.3. The molecular weight excluding hydrogens is 262 g/mol. The van der Waals surface area contributed by atoms with Gasteiger partial charge in [-0.05, 0) is 19.3 Å². The van der Waals surface area contributed by atoms with Crippen molar-refractivity contribution < 1.29 is 5.11 Å². The molecule has 0 saturated heterocycles. The lowest BCUT2D eigenvalue weighted by molar-refractivity contribution is 0.283. The number of rotatable bonds is 16. The maximum Gasteiger partial charge on any atom is 0.112 e. The standard InChI is InChI=1S/C18H35NO2/c1-2-3-4-5-6-7-8-9-10-11-12-13-14-15-18(19-21)16-17-20/h14-15,18,20H,2-13,16-17H2,1H3/b15-14+. The molecule has 0 saturated carbocycles. The van der Waals surface area contributed by atoms with Crippen LogP contribution in [0.5, 0.6) is 0 Å². The molecule has 1 unspecified atom stereocenters. The second kappa shape index (κ2) is 17.4. The lowest BCUT2D eigenvalue weighted by Gasteiger charge is -2.02. The highest BCUT2D eigenvalue weighted by molar-refractivity contribution is 4.92. The Balaban J connectivity index is 3.21. The molecule has 0 aliphatic rings. The van der Waals surface area contributed by atoms with Crippen LogP contribution >= 0.6 is 0 Å².